The summed E-state index contributed by atoms with van der Waals surface area (Å²) in [4.78, 5) is 79.9. The minimum absolute atomic E-state index is 0.0173. The number of halogens is 2. The Kier molecular flexibility index (Phi) is 11.7. The van der Waals surface area contributed by atoms with E-state index in [2.05, 4.69) is 15.6 Å². The van der Waals surface area contributed by atoms with Gasteiger partial charge in [-0.2, -0.15) is 8.78 Å². The fraction of sp³-hybridized carbons (Fsp3) is 0.206. The van der Waals surface area contributed by atoms with E-state index in [1.165, 1.54) is 17.4 Å². The third-order valence-electron chi connectivity index (χ3n) is 7.00. The second-order valence-electron chi connectivity index (χ2n) is 10.8. The molecule has 4 rings (SSSR count). The van der Waals surface area contributed by atoms with E-state index < -0.39 is 66.7 Å². The average molecular weight is 676 g/mol. The van der Waals surface area contributed by atoms with E-state index in [0.29, 0.717) is 16.7 Å². The molecule has 3 aromatic carbocycles. The number of carboxylic acid groups (broad SMARTS) is 1. The fourth-order valence-electron chi connectivity index (χ4n) is 4.65. The molecule has 0 radical (unpaired) electrons. The SMILES string of the molecule is Cc1cccc(-c2ncc(NC(=O)OCc3ccccc3)c(=O)n2CC(=O)NC(Cc2ccccc2)C(=O)C(F)(F)C(=O)NCC(=O)O)c1. The maximum Gasteiger partial charge on any atom is 0.412 e. The van der Waals surface area contributed by atoms with Crippen LogP contribution in [0.4, 0.5) is 19.3 Å². The summed E-state index contributed by atoms with van der Waals surface area (Å²) in [6, 6.07) is 21.3. The molecule has 1 atom stereocenters. The van der Waals surface area contributed by atoms with Crippen LogP contribution in [0, 0.1) is 6.92 Å². The van der Waals surface area contributed by atoms with E-state index in [9.17, 15) is 28.8 Å². The van der Waals surface area contributed by atoms with Crippen LogP contribution in [0.2, 0.25) is 0 Å². The highest BCUT2D eigenvalue weighted by atomic mass is 19.3. The lowest BCUT2D eigenvalue weighted by atomic mass is 9.98. The summed E-state index contributed by atoms with van der Waals surface area (Å²) in [5.41, 5.74) is 0.961. The van der Waals surface area contributed by atoms with Crippen molar-refractivity contribution in [2.75, 3.05) is 11.9 Å². The highest BCUT2D eigenvalue weighted by molar-refractivity contribution is 6.11. The monoisotopic (exact) mass is 675 g/mol. The molecule has 1 unspecified atom stereocenters. The van der Waals surface area contributed by atoms with Crippen LogP contribution in [0.25, 0.3) is 11.4 Å². The highest BCUT2D eigenvalue weighted by Crippen LogP contribution is 2.21. The number of hydrogen-bond donors (Lipinski definition) is 4. The molecule has 13 nitrogen and oxygen atoms in total. The molecule has 0 aliphatic rings. The van der Waals surface area contributed by atoms with E-state index in [-0.39, 0.29) is 18.1 Å². The van der Waals surface area contributed by atoms with Gasteiger partial charge in [0.15, 0.2) is 0 Å². The van der Waals surface area contributed by atoms with Crippen molar-refractivity contribution in [2.45, 2.75) is 38.5 Å². The van der Waals surface area contributed by atoms with Gasteiger partial charge in [-0.05, 0) is 24.1 Å². The number of aromatic nitrogens is 2. The first-order valence-electron chi connectivity index (χ1n) is 14.7. The molecule has 3 amide bonds. The first-order valence-corrected chi connectivity index (χ1v) is 14.7. The van der Waals surface area contributed by atoms with Crippen molar-refractivity contribution in [3.05, 3.63) is 118 Å². The zero-order valence-electron chi connectivity index (χ0n) is 26.0. The van der Waals surface area contributed by atoms with Gasteiger partial charge in [0.1, 0.15) is 31.2 Å². The fourth-order valence-corrected chi connectivity index (χ4v) is 4.65. The van der Waals surface area contributed by atoms with Crippen LogP contribution < -0.4 is 21.5 Å². The molecule has 0 bridgehead atoms. The largest absolute Gasteiger partial charge is 0.480 e. The molecule has 4 aromatic rings. The second kappa shape index (κ2) is 16.0. The van der Waals surface area contributed by atoms with Crippen molar-refractivity contribution in [3.8, 4) is 11.4 Å². The van der Waals surface area contributed by atoms with Gasteiger partial charge < -0.3 is 20.5 Å². The Balaban J connectivity index is 1.63. The molecule has 0 aliphatic heterocycles. The number of ketones is 1. The van der Waals surface area contributed by atoms with Crippen molar-refractivity contribution >= 4 is 35.3 Å². The predicted molar refractivity (Wildman–Crippen MR) is 172 cm³/mol. The standard InChI is InChI=1S/C34H31F2N5O8/c1-21-9-8-14-24(15-21)30-37-17-26(40-33(48)49-20-23-12-6-3-7-13-23)31(46)41(30)19-27(42)39-25(16-22-10-4-2-5-11-22)29(45)34(35,36)32(47)38-18-28(43)44/h2-15,17,25H,16,18-20H2,1H3,(H,38,47)(H,39,42)(H,40,48)(H,43,44). The molecular formula is C34H31F2N5O8. The van der Waals surface area contributed by atoms with Gasteiger partial charge in [0.2, 0.25) is 11.7 Å². The number of aliphatic carboxylic acids is 1. The van der Waals surface area contributed by atoms with Gasteiger partial charge in [0.25, 0.3) is 11.5 Å². The number of benzene rings is 3. The molecule has 0 fully saturated rings. The number of aryl methyl sites for hydroxylation is 1. The number of nitrogens with one attached hydrogen (secondary N) is 3. The summed E-state index contributed by atoms with van der Waals surface area (Å²) in [7, 11) is 0. The smallest absolute Gasteiger partial charge is 0.412 e. The van der Waals surface area contributed by atoms with Crippen LogP contribution in [0.5, 0.6) is 0 Å². The zero-order valence-corrected chi connectivity index (χ0v) is 26.0. The normalized spacial score (nSPS) is 11.6. The van der Waals surface area contributed by atoms with Crippen LogP contribution in [-0.4, -0.2) is 62.8 Å². The Bertz CT molecular complexity index is 1900. The molecule has 15 heteroatoms. The number of nitrogens with zero attached hydrogens (tertiary/aromatic N) is 2. The van der Waals surface area contributed by atoms with Gasteiger partial charge in [-0.1, -0.05) is 84.4 Å². The van der Waals surface area contributed by atoms with Crippen LogP contribution in [0.3, 0.4) is 0 Å². The number of ether oxygens (including phenoxy) is 1. The molecule has 0 saturated heterocycles. The number of carbonyl (C=O) groups excluding carboxylic acids is 4. The summed E-state index contributed by atoms with van der Waals surface area (Å²) in [6.07, 6.45) is -0.380. The predicted octanol–water partition coefficient (Wildman–Crippen LogP) is 3.10. The third kappa shape index (κ3) is 9.63. The van der Waals surface area contributed by atoms with Gasteiger partial charge in [-0.3, -0.25) is 33.9 Å². The maximum absolute atomic E-state index is 15.0. The Morgan fingerprint density at radius 2 is 1.59 bits per heavy atom. The molecule has 1 heterocycles. The number of hydrogen-bond acceptors (Lipinski definition) is 8. The molecule has 0 spiro atoms. The lowest BCUT2D eigenvalue weighted by Crippen LogP contribution is -2.56. The van der Waals surface area contributed by atoms with E-state index >= 15 is 8.78 Å². The molecule has 1 aromatic heterocycles. The van der Waals surface area contributed by atoms with Crippen molar-refractivity contribution in [2.24, 2.45) is 0 Å². The molecule has 0 saturated carbocycles. The quantitative estimate of drug-likeness (QED) is 0.146. The second-order valence-corrected chi connectivity index (χ2v) is 10.8. The Labute approximate surface area is 277 Å². The molecule has 254 valence electrons. The topological polar surface area (TPSA) is 186 Å². The third-order valence-corrected chi connectivity index (χ3v) is 7.00. The summed E-state index contributed by atoms with van der Waals surface area (Å²) in [6.45, 7) is -0.337. The number of rotatable bonds is 14. The number of anilines is 1. The molecule has 49 heavy (non-hydrogen) atoms. The summed E-state index contributed by atoms with van der Waals surface area (Å²) in [5.74, 6) is -11.6. The first kappa shape index (κ1) is 35.6. The van der Waals surface area contributed by atoms with Gasteiger partial charge in [0, 0.05) is 12.0 Å². The van der Waals surface area contributed by atoms with E-state index in [0.717, 1.165) is 16.3 Å². The minimum Gasteiger partial charge on any atom is -0.480 e. The summed E-state index contributed by atoms with van der Waals surface area (Å²) in [5, 5.41) is 14.7. The summed E-state index contributed by atoms with van der Waals surface area (Å²) >= 11 is 0. The lowest BCUT2D eigenvalue weighted by molar-refractivity contribution is -0.161. The number of carbonyl (C=O) groups is 5. The van der Waals surface area contributed by atoms with Gasteiger partial charge in [-0.25, -0.2) is 9.78 Å². The van der Waals surface area contributed by atoms with E-state index in [1.807, 2.05) is 0 Å². The number of Topliss-reactive ketones (excluding diaryl/α,β-unsaturated/α-hetero) is 1. The average Bonchev–Trinajstić information content (AvgIpc) is 3.08. The Morgan fingerprint density at radius 1 is 0.939 bits per heavy atom. The Hall–Kier alpha value is -6.25. The van der Waals surface area contributed by atoms with Gasteiger partial charge >= 0.3 is 18.0 Å². The van der Waals surface area contributed by atoms with Gasteiger partial charge in [-0.15, -0.1) is 0 Å². The van der Waals surface area contributed by atoms with Crippen molar-refractivity contribution in [3.63, 3.8) is 0 Å². The zero-order chi connectivity index (χ0) is 35.6. The number of alkyl halides is 2. The van der Waals surface area contributed by atoms with E-state index in [1.54, 1.807) is 79.7 Å². The van der Waals surface area contributed by atoms with Crippen molar-refractivity contribution in [1.82, 2.24) is 20.2 Å². The number of carboxylic acids is 1. The molecular weight excluding hydrogens is 644 g/mol. The van der Waals surface area contributed by atoms with Crippen molar-refractivity contribution in [1.29, 1.82) is 0 Å². The van der Waals surface area contributed by atoms with Crippen LogP contribution in [0.15, 0.2) is 95.9 Å². The Morgan fingerprint density at radius 3 is 2.22 bits per heavy atom. The van der Waals surface area contributed by atoms with Crippen LogP contribution in [0.1, 0.15) is 16.7 Å². The lowest BCUT2D eigenvalue weighted by Gasteiger charge is -2.23. The summed E-state index contributed by atoms with van der Waals surface area (Å²) < 4.78 is 36.1. The maximum atomic E-state index is 15.0. The van der Waals surface area contributed by atoms with Crippen LogP contribution >= 0.6 is 0 Å². The van der Waals surface area contributed by atoms with E-state index in [4.69, 9.17) is 9.84 Å². The van der Waals surface area contributed by atoms with Crippen molar-refractivity contribution < 1.29 is 42.6 Å². The van der Waals surface area contributed by atoms with Crippen LogP contribution in [-0.2, 0) is 43.5 Å². The minimum atomic E-state index is -4.72. The molecule has 0 aliphatic carbocycles. The highest BCUT2D eigenvalue weighted by Gasteiger charge is 2.50. The number of amides is 3. The van der Waals surface area contributed by atoms with Gasteiger partial charge in [0.05, 0.1) is 12.2 Å². The first-order chi connectivity index (χ1) is 23.3. The molecule has 4 N–H and O–H groups in total.